The van der Waals surface area contributed by atoms with Crippen molar-refractivity contribution in [1.82, 2.24) is 4.90 Å². The van der Waals surface area contributed by atoms with Crippen LogP contribution in [-0.2, 0) is 6.42 Å². The van der Waals surface area contributed by atoms with E-state index in [0.717, 1.165) is 44.6 Å². The van der Waals surface area contributed by atoms with Gasteiger partial charge in [-0.1, -0.05) is 6.92 Å². The quantitative estimate of drug-likeness (QED) is 0.824. The molecule has 0 aromatic heterocycles. The maximum absolute atomic E-state index is 12.3. The summed E-state index contributed by atoms with van der Waals surface area (Å²) in [6.07, 6.45) is 4.60. The van der Waals surface area contributed by atoms with Crippen LogP contribution in [0.15, 0.2) is 18.2 Å². The lowest BCUT2D eigenvalue weighted by molar-refractivity contribution is 0.182. The van der Waals surface area contributed by atoms with E-state index in [-0.39, 0.29) is 6.03 Å². The lowest BCUT2D eigenvalue weighted by Crippen LogP contribution is -2.41. The van der Waals surface area contributed by atoms with Crippen LogP contribution < -0.4 is 10.6 Å². The topological polar surface area (TPSA) is 44.4 Å². The SMILES string of the molecule is CC1CCCN(C(=O)Nc2ccc3c(c2)CCCN3)C1. The number of likely N-dealkylation sites (tertiary alicyclic amines) is 1. The molecule has 20 heavy (non-hydrogen) atoms. The van der Waals surface area contributed by atoms with Gasteiger partial charge in [0, 0.05) is 31.0 Å². The second kappa shape index (κ2) is 5.73. The van der Waals surface area contributed by atoms with E-state index in [0.29, 0.717) is 5.92 Å². The molecule has 2 N–H and O–H groups in total. The standard InChI is InChI=1S/C16H23N3O/c1-12-4-3-9-19(11-12)16(20)18-14-6-7-15-13(10-14)5-2-8-17-15/h6-7,10,12,17H,2-5,8-9,11H2,1H3,(H,18,20). The van der Waals surface area contributed by atoms with Gasteiger partial charge in [0.2, 0.25) is 0 Å². The molecule has 0 spiro atoms. The number of hydrogen-bond donors (Lipinski definition) is 2. The molecule has 2 aliphatic heterocycles. The van der Waals surface area contributed by atoms with Crippen molar-refractivity contribution in [2.45, 2.75) is 32.6 Å². The maximum Gasteiger partial charge on any atom is 0.321 e. The molecule has 1 atom stereocenters. The Kier molecular flexibility index (Phi) is 3.81. The number of rotatable bonds is 1. The predicted octanol–water partition coefficient (Wildman–Crippen LogP) is 3.31. The molecule has 4 nitrogen and oxygen atoms in total. The number of aryl methyl sites for hydroxylation is 1. The lowest BCUT2D eigenvalue weighted by Gasteiger charge is -2.31. The van der Waals surface area contributed by atoms with Gasteiger partial charge in [0.05, 0.1) is 0 Å². The van der Waals surface area contributed by atoms with Crippen molar-refractivity contribution in [2.24, 2.45) is 5.92 Å². The molecule has 2 heterocycles. The van der Waals surface area contributed by atoms with Gasteiger partial charge in [0.15, 0.2) is 0 Å². The minimum atomic E-state index is 0.0419. The van der Waals surface area contributed by atoms with E-state index in [4.69, 9.17) is 0 Å². The third-order valence-corrected chi connectivity index (χ3v) is 4.24. The van der Waals surface area contributed by atoms with E-state index < -0.39 is 0 Å². The molecule has 0 radical (unpaired) electrons. The molecule has 1 aromatic rings. The van der Waals surface area contributed by atoms with Crippen molar-refractivity contribution < 1.29 is 4.79 Å². The average Bonchev–Trinajstić information content (AvgIpc) is 2.47. The number of amides is 2. The highest BCUT2D eigenvalue weighted by atomic mass is 16.2. The fraction of sp³-hybridized carbons (Fsp3) is 0.562. The van der Waals surface area contributed by atoms with Crippen LogP contribution in [0.25, 0.3) is 0 Å². The third-order valence-electron chi connectivity index (χ3n) is 4.24. The van der Waals surface area contributed by atoms with Crippen LogP contribution in [0.1, 0.15) is 31.7 Å². The lowest BCUT2D eigenvalue weighted by atomic mass is 10.0. The fourth-order valence-electron chi connectivity index (χ4n) is 3.13. The number of nitrogens with one attached hydrogen (secondary N) is 2. The van der Waals surface area contributed by atoms with Crippen LogP contribution in [0.3, 0.4) is 0 Å². The molecule has 1 unspecified atom stereocenters. The largest absolute Gasteiger partial charge is 0.385 e. The first kappa shape index (κ1) is 13.3. The molecule has 0 aliphatic carbocycles. The van der Waals surface area contributed by atoms with Gasteiger partial charge in [-0.2, -0.15) is 0 Å². The van der Waals surface area contributed by atoms with Gasteiger partial charge in [0.1, 0.15) is 0 Å². The molecule has 2 amide bonds. The number of benzene rings is 1. The molecular weight excluding hydrogens is 250 g/mol. The van der Waals surface area contributed by atoms with Crippen molar-refractivity contribution in [1.29, 1.82) is 0 Å². The van der Waals surface area contributed by atoms with Gasteiger partial charge in [-0.15, -0.1) is 0 Å². The number of urea groups is 1. The zero-order chi connectivity index (χ0) is 13.9. The van der Waals surface area contributed by atoms with Crippen molar-refractivity contribution in [3.05, 3.63) is 23.8 Å². The second-order valence-corrected chi connectivity index (χ2v) is 6.03. The summed E-state index contributed by atoms with van der Waals surface area (Å²) < 4.78 is 0. The van der Waals surface area contributed by atoms with Gasteiger partial charge in [-0.3, -0.25) is 0 Å². The molecular formula is C16H23N3O. The molecule has 1 fully saturated rings. The molecule has 1 saturated heterocycles. The Labute approximate surface area is 120 Å². The van der Waals surface area contributed by atoms with Gasteiger partial charge >= 0.3 is 6.03 Å². The van der Waals surface area contributed by atoms with Gasteiger partial charge in [-0.05, 0) is 55.4 Å². The van der Waals surface area contributed by atoms with Crippen LogP contribution in [0.5, 0.6) is 0 Å². The summed E-state index contributed by atoms with van der Waals surface area (Å²) in [5.41, 5.74) is 3.43. The zero-order valence-corrected chi connectivity index (χ0v) is 12.1. The normalized spacial score (nSPS) is 21.9. The summed E-state index contributed by atoms with van der Waals surface area (Å²) in [4.78, 5) is 14.2. The average molecular weight is 273 g/mol. The van der Waals surface area contributed by atoms with E-state index in [9.17, 15) is 4.79 Å². The zero-order valence-electron chi connectivity index (χ0n) is 12.1. The first-order valence-electron chi connectivity index (χ1n) is 7.65. The van der Waals surface area contributed by atoms with Crippen LogP contribution in [0.4, 0.5) is 16.2 Å². The number of piperidine rings is 1. The summed E-state index contributed by atoms with van der Waals surface area (Å²) >= 11 is 0. The smallest absolute Gasteiger partial charge is 0.321 e. The minimum absolute atomic E-state index is 0.0419. The minimum Gasteiger partial charge on any atom is -0.385 e. The van der Waals surface area contributed by atoms with Crippen LogP contribution in [-0.4, -0.2) is 30.6 Å². The molecule has 0 bridgehead atoms. The summed E-state index contributed by atoms with van der Waals surface area (Å²) in [6.45, 7) is 5.01. The number of fused-ring (bicyclic) bond motifs is 1. The van der Waals surface area contributed by atoms with E-state index in [1.54, 1.807) is 0 Å². The predicted molar refractivity (Wildman–Crippen MR) is 82.2 cm³/mol. The van der Waals surface area contributed by atoms with Crippen molar-refractivity contribution in [2.75, 3.05) is 30.3 Å². The fourth-order valence-corrected chi connectivity index (χ4v) is 3.13. The molecule has 0 saturated carbocycles. The number of anilines is 2. The highest BCUT2D eigenvalue weighted by molar-refractivity contribution is 5.89. The summed E-state index contributed by atoms with van der Waals surface area (Å²) in [7, 11) is 0. The van der Waals surface area contributed by atoms with Gasteiger partial charge in [0.25, 0.3) is 0 Å². The summed E-state index contributed by atoms with van der Waals surface area (Å²) in [6, 6.07) is 6.21. The van der Waals surface area contributed by atoms with Crippen LogP contribution >= 0.6 is 0 Å². The highest BCUT2D eigenvalue weighted by Gasteiger charge is 2.21. The van der Waals surface area contributed by atoms with E-state index >= 15 is 0 Å². The Hall–Kier alpha value is -1.71. The van der Waals surface area contributed by atoms with Gasteiger partial charge < -0.3 is 15.5 Å². The van der Waals surface area contributed by atoms with Crippen molar-refractivity contribution >= 4 is 17.4 Å². The van der Waals surface area contributed by atoms with E-state index in [2.05, 4.69) is 29.7 Å². The Balaban J connectivity index is 1.66. The first-order chi connectivity index (χ1) is 9.72. The molecule has 108 valence electrons. The van der Waals surface area contributed by atoms with E-state index in [1.807, 2.05) is 11.0 Å². The second-order valence-electron chi connectivity index (χ2n) is 6.03. The Morgan fingerprint density at radius 1 is 1.40 bits per heavy atom. The number of nitrogens with zero attached hydrogens (tertiary/aromatic N) is 1. The van der Waals surface area contributed by atoms with Crippen LogP contribution in [0.2, 0.25) is 0 Å². The number of carbonyl (C=O) groups is 1. The van der Waals surface area contributed by atoms with Crippen molar-refractivity contribution in [3.8, 4) is 0 Å². The Morgan fingerprint density at radius 2 is 2.30 bits per heavy atom. The first-order valence-corrected chi connectivity index (χ1v) is 7.65. The van der Waals surface area contributed by atoms with Crippen molar-refractivity contribution in [3.63, 3.8) is 0 Å². The number of hydrogen-bond acceptors (Lipinski definition) is 2. The highest BCUT2D eigenvalue weighted by Crippen LogP contribution is 2.25. The third kappa shape index (κ3) is 2.89. The summed E-state index contributed by atoms with van der Waals surface area (Å²) in [5, 5.41) is 6.43. The van der Waals surface area contributed by atoms with Crippen LogP contribution in [0, 0.1) is 5.92 Å². The van der Waals surface area contributed by atoms with Gasteiger partial charge in [-0.25, -0.2) is 4.79 Å². The monoisotopic (exact) mass is 273 g/mol. The molecule has 4 heteroatoms. The molecule has 3 rings (SSSR count). The summed E-state index contributed by atoms with van der Waals surface area (Å²) in [5.74, 6) is 0.613. The molecule has 2 aliphatic rings. The maximum atomic E-state index is 12.3. The Bertz CT molecular complexity index is 500. The molecule has 1 aromatic carbocycles. The van der Waals surface area contributed by atoms with E-state index in [1.165, 1.54) is 17.7 Å². The Morgan fingerprint density at radius 3 is 3.15 bits per heavy atom. The number of carbonyl (C=O) groups excluding carboxylic acids is 1.